The third-order valence-corrected chi connectivity index (χ3v) is 0.707. The molecule has 0 N–H and O–H groups in total. The summed E-state index contributed by atoms with van der Waals surface area (Å²) in [5.74, 6) is 0. The van der Waals surface area contributed by atoms with Crippen molar-refractivity contribution in [1.82, 2.24) is 0 Å². The van der Waals surface area contributed by atoms with Gasteiger partial charge in [-0.2, -0.15) is 0 Å². The Balaban J connectivity index is -0.00000000819. The van der Waals surface area contributed by atoms with Crippen LogP contribution < -0.4 is 0 Å². The molecular weight excluding hydrogens is 524 g/mol. The minimum Gasteiger partial charge on any atom is -0.358 e. The molecule has 0 bridgehead atoms. The summed E-state index contributed by atoms with van der Waals surface area (Å²) in [5, 5.41) is 0. The molecule has 0 unspecified atom stereocenters. The molecule has 18 heavy (non-hydrogen) atoms. The summed E-state index contributed by atoms with van der Waals surface area (Å²) in [6, 6.07) is 0. The Kier molecular flexibility index (Phi) is 320. The van der Waals surface area contributed by atoms with Gasteiger partial charge in [0.05, 0.1) is 0 Å². The van der Waals surface area contributed by atoms with E-state index in [-0.39, 0.29) is 138 Å². The van der Waals surface area contributed by atoms with Crippen molar-refractivity contribution in [3.8, 4) is 0 Å². The van der Waals surface area contributed by atoms with Crippen LogP contribution in [0.4, 0.5) is 0 Å². The smallest absolute Gasteiger partial charge is 0 e. The van der Waals surface area contributed by atoms with Crippen molar-refractivity contribution in [1.29, 1.82) is 0 Å². The van der Waals surface area contributed by atoms with Gasteiger partial charge in [-0.3, -0.25) is 0 Å². The second-order valence-electron chi connectivity index (χ2n) is 2.77. The minimum atomic E-state index is 0. The summed E-state index contributed by atoms with van der Waals surface area (Å²) in [6.45, 7) is 16.9. The van der Waals surface area contributed by atoms with Crippen LogP contribution in [0.25, 0.3) is 0 Å². The molecule has 0 fully saturated rings. The molecule has 0 rings (SSSR count). The van der Waals surface area contributed by atoms with Gasteiger partial charge in [0.2, 0.25) is 0 Å². The molecule has 106 valence electrons. The molecule has 0 amide bonds. The molecule has 0 heterocycles. The number of unbranched alkanes of at least 4 members (excludes halogenated alkanes) is 2. The Morgan fingerprint density at radius 2 is 0.611 bits per heavy atom. The molecule has 0 aromatic carbocycles. The quantitative estimate of drug-likeness (QED) is 0.338. The second kappa shape index (κ2) is 101. The molecule has 0 aliphatic heterocycles. The Labute approximate surface area is 221 Å². The van der Waals surface area contributed by atoms with Crippen LogP contribution >= 0.6 is 0 Å². The molecule has 0 atom stereocenters. The fraction of sp³-hybridized carbons (Fsp3) is 0.929. The van der Waals surface area contributed by atoms with Crippen molar-refractivity contribution in [3.05, 3.63) is 7.43 Å². The van der Waals surface area contributed by atoms with Crippen LogP contribution in [-0.4, -0.2) is 0 Å². The van der Waals surface area contributed by atoms with E-state index in [1.165, 1.54) is 32.1 Å². The van der Waals surface area contributed by atoms with E-state index in [1.54, 1.807) is 0 Å². The van der Waals surface area contributed by atoms with E-state index in [0.717, 1.165) is 0 Å². The Hall–Kier alpha value is 4.42. The summed E-state index contributed by atoms with van der Waals surface area (Å²) in [5.41, 5.74) is 0. The van der Waals surface area contributed by atoms with Crippen molar-refractivity contribution in [2.75, 3.05) is 0 Å². The Morgan fingerprint density at radius 1 is 0.500 bits per heavy atom. The van der Waals surface area contributed by atoms with Crippen LogP contribution in [0.3, 0.4) is 0 Å². The predicted octanol–water partition coefficient (Wildman–Crippen LogP) is 6.50. The average molecular weight is 561 g/mol. The standard InChI is InChI=1S/C5H12.2C3H8.C2H6.CH3.4Y/c1-3-5-4-2;2*1-3-2;1-2;;;;;/h3-5H2,1-2H3;2*3H2,1-2H3;1-2H3;1H3;;;;/q;;;;-1;;;;. The summed E-state index contributed by atoms with van der Waals surface area (Å²) in [4.78, 5) is 0. The van der Waals surface area contributed by atoms with E-state index in [0.29, 0.717) is 0 Å². The summed E-state index contributed by atoms with van der Waals surface area (Å²) < 4.78 is 0. The van der Waals surface area contributed by atoms with Crippen LogP contribution in [0.1, 0.15) is 87.5 Å². The molecule has 0 saturated heterocycles. The van der Waals surface area contributed by atoms with Crippen molar-refractivity contribution in [2.45, 2.75) is 87.5 Å². The molecule has 0 nitrogen and oxygen atoms in total. The van der Waals surface area contributed by atoms with Crippen LogP contribution in [0.5, 0.6) is 0 Å². The van der Waals surface area contributed by atoms with Crippen LogP contribution in [0.15, 0.2) is 0 Å². The topological polar surface area (TPSA) is 0 Å². The Bertz CT molecular complexity index is 33.0. The number of rotatable bonds is 2. The molecule has 0 aliphatic carbocycles. The summed E-state index contributed by atoms with van der Waals surface area (Å²) in [6.07, 6.45) is 6.58. The van der Waals surface area contributed by atoms with E-state index in [4.69, 9.17) is 0 Å². The maximum atomic E-state index is 2.21. The fourth-order valence-corrected chi connectivity index (χ4v) is 0.354. The van der Waals surface area contributed by atoms with Gasteiger partial charge in [0.25, 0.3) is 0 Å². The third-order valence-electron chi connectivity index (χ3n) is 0.707. The summed E-state index contributed by atoms with van der Waals surface area (Å²) >= 11 is 0. The largest absolute Gasteiger partial charge is 0.358 e. The van der Waals surface area contributed by atoms with Crippen molar-refractivity contribution < 1.29 is 131 Å². The Morgan fingerprint density at radius 3 is 0.611 bits per heavy atom. The second-order valence-corrected chi connectivity index (χ2v) is 2.77. The molecule has 0 aliphatic rings. The van der Waals surface area contributed by atoms with E-state index < -0.39 is 0 Å². The maximum absolute atomic E-state index is 2.21. The van der Waals surface area contributed by atoms with E-state index in [1.807, 2.05) is 13.8 Å². The average Bonchev–Trinajstić information content (AvgIpc) is 2.12. The summed E-state index contributed by atoms with van der Waals surface area (Å²) in [7, 11) is 0. The van der Waals surface area contributed by atoms with Gasteiger partial charge in [0.15, 0.2) is 0 Å². The molecule has 0 aromatic rings. The molecule has 0 aromatic heterocycles. The van der Waals surface area contributed by atoms with Gasteiger partial charge in [-0.1, -0.05) is 87.5 Å². The van der Waals surface area contributed by atoms with Crippen LogP contribution in [0.2, 0.25) is 0 Å². The SMILES string of the molecule is CC.CCC.CCC.CCCCC.[CH3-].[Y].[Y].[Y].[Y]. The van der Waals surface area contributed by atoms with Crippen LogP contribution in [-0.2, 0) is 131 Å². The van der Waals surface area contributed by atoms with E-state index >= 15 is 0 Å². The number of hydrogen-bond donors (Lipinski definition) is 0. The fourth-order valence-electron chi connectivity index (χ4n) is 0.354. The van der Waals surface area contributed by atoms with Gasteiger partial charge >= 0.3 is 0 Å². The minimum absolute atomic E-state index is 0. The van der Waals surface area contributed by atoms with E-state index in [9.17, 15) is 0 Å². The van der Waals surface area contributed by atoms with Gasteiger partial charge in [0.1, 0.15) is 0 Å². The van der Waals surface area contributed by atoms with Gasteiger partial charge in [-0.15, -0.1) is 0 Å². The van der Waals surface area contributed by atoms with Crippen molar-refractivity contribution >= 4 is 0 Å². The third kappa shape index (κ3) is 187. The van der Waals surface area contributed by atoms with Gasteiger partial charge in [-0.25, -0.2) is 0 Å². The van der Waals surface area contributed by atoms with Crippen molar-refractivity contribution in [2.24, 2.45) is 0 Å². The van der Waals surface area contributed by atoms with Gasteiger partial charge in [0, 0.05) is 131 Å². The monoisotopic (exact) mass is 561 g/mol. The molecular formula is C14H37Y4-. The normalized spacial score (nSPS) is 4.67. The molecule has 0 spiro atoms. The molecule has 4 heteroatoms. The predicted molar refractivity (Wildman–Crippen MR) is 74.9 cm³/mol. The number of hydrogen-bond acceptors (Lipinski definition) is 0. The first-order valence-corrected chi connectivity index (χ1v) is 6.24. The first kappa shape index (κ1) is 57.1. The maximum Gasteiger partial charge on any atom is 0 e. The van der Waals surface area contributed by atoms with Gasteiger partial charge < -0.3 is 7.43 Å². The molecule has 4 radical (unpaired) electrons. The van der Waals surface area contributed by atoms with Crippen molar-refractivity contribution in [3.63, 3.8) is 0 Å². The first-order chi connectivity index (χ1) is 6.24. The molecule has 0 saturated carbocycles. The first-order valence-electron chi connectivity index (χ1n) is 6.24. The van der Waals surface area contributed by atoms with E-state index in [2.05, 4.69) is 41.5 Å². The van der Waals surface area contributed by atoms with Crippen LogP contribution in [0, 0.1) is 7.43 Å². The zero-order valence-corrected chi connectivity index (χ0v) is 26.2. The van der Waals surface area contributed by atoms with Gasteiger partial charge in [-0.05, 0) is 0 Å². The zero-order chi connectivity index (χ0) is 11.5. The zero-order valence-electron chi connectivity index (χ0n) is 14.8.